The molecule has 2 aromatic rings. The van der Waals surface area contributed by atoms with E-state index in [0.29, 0.717) is 5.92 Å². The zero-order valence-electron chi connectivity index (χ0n) is 14.4. The monoisotopic (exact) mass is 328 g/mol. The molecule has 0 aromatic heterocycles. The molecule has 0 spiro atoms. The highest BCUT2D eigenvalue weighted by Gasteiger charge is 2.17. The van der Waals surface area contributed by atoms with Crippen molar-refractivity contribution >= 4 is 25.0 Å². The Kier molecular flexibility index (Phi) is 6.50. The molecule has 0 saturated carbocycles. The zero-order valence-corrected chi connectivity index (χ0v) is 15.3. The van der Waals surface area contributed by atoms with Crippen molar-refractivity contribution < 1.29 is 9.32 Å². The molecule has 0 amide bonds. The molecule has 0 N–H and O–H groups in total. The van der Waals surface area contributed by atoms with E-state index in [0.717, 1.165) is 36.0 Å². The molecule has 0 fully saturated rings. The van der Waals surface area contributed by atoms with Crippen molar-refractivity contribution in [2.45, 2.75) is 34.1 Å². The number of rotatable bonds is 7. The third kappa shape index (κ3) is 4.73. The number of benzene rings is 2. The van der Waals surface area contributed by atoms with Crippen LogP contribution in [0, 0.1) is 19.8 Å². The molecule has 0 radical (unpaired) electrons. The predicted molar refractivity (Wildman–Crippen MR) is 99.3 cm³/mol. The molecular weight excluding hydrogens is 303 g/mol. The lowest BCUT2D eigenvalue weighted by Gasteiger charge is -2.21. The van der Waals surface area contributed by atoms with Gasteiger partial charge >= 0.3 is 0 Å². The maximum Gasteiger partial charge on any atom is 0.150 e. The van der Waals surface area contributed by atoms with Crippen molar-refractivity contribution in [3.05, 3.63) is 59.2 Å². The molecule has 3 heteroatoms. The lowest BCUT2D eigenvalue weighted by Crippen LogP contribution is -2.16. The van der Waals surface area contributed by atoms with Gasteiger partial charge in [-0.05, 0) is 49.4 Å². The molecule has 2 rings (SSSR count). The molecule has 122 valence electrons. The van der Waals surface area contributed by atoms with Gasteiger partial charge in [0, 0.05) is 16.2 Å². The molecule has 2 aromatic carbocycles. The van der Waals surface area contributed by atoms with Gasteiger partial charge in [-0.25, -0.2) is 0 Å². The van der Waals surface area contributed by atoms with E-state index in [1.807, 2.05) is 19.9 Å². The minimum absolute atomic E-state index is 0.628. The molecule has 0 heterocycles. The first-order valence-corrected chi connectivity index (χ1v) is 9.33. The Hall–Kier alpha value is -1.50. The van der Waals surface area contributed by atoms with E-state index in [-0.39, 0.29) is 0 Å². The summed E-state index contributed by atoms with van der Waals surface area (Å²) in [5.41, 5.74) is 2.83. The minimum atomic E-state index is -0.847. The Morgan fingerprint density at radius 1 is 1.04 bits per heavy atom. The lowest BCUT2D eigenvalue weighted by atomic mass is 10.0. The van der Waals surface area contributed by atoms with Gasteiger partial charge in [0.1, 0.15) is 0 Å². The number of aldehydes is 1. The van der Waals surface area contributed by atoms with Gasteiger partial charge in [-0.1, -0.05) is 44.2 Å². The lowest BCUT2D eigenvalue weighted by molar-refractivity contribution is 0.112. The molecule has 0 aliphatic heterocycles. The van der Waals surface area contributed by atoms with Crippen LogP contribution in [0.3, 0.4) is 0 Å². The van der Waals surface area contributed by atoms with Crippen molar-refractivity contribution in [1.82, 2.24) is 0 Å². The van der Waals surface area contributed by atoms with Crippen LogP contribution in [0.4, 0.5) is 0 Å². The summed E-state index contributed by atoms with van der Waals surface area (Å²) in [6.45, 7) is 9.16. The van der Waals surface area contributed by atoms with Crippen molar-refractivity contribution in [2.75, 3.05) is 6.61 Å². The second-order valence-electron chi connectivity index (χ2n) is 6.26. The highest BCUT2D eigenvalue weighted by molar-refractivity contribution is 7.68. The fourth-order valence-electron chi connectivity index (χ4n) is 2.50. The first-order chi connectivity index (χ1) is 11.0. The summed E-state index contributed by atoms with van der Waals surface area (Å²) in [5.74, 6) is 0.628. The van der Waals surface area contributed by atoms with Gasteiger partial charge in [0.25, 0.3) is 0 Å². The van der Waals surface area contributed by atoms with Crippen molar-refractivity contribution in [3.63, 3.8) is 0 Å². The van der Waals surface area contributed by atoms with Crippen LogP contribution in [0.2, 0.25) is 0 Å². The van der Waals surface area contributed by atoms with Crippen LogP contribution in [0.5, 0.6) is 0 Å². The van der Waals surface area contributed by atoms with E-state index in [1.165, 1.54) is 10.6 Å². The van der Waals surface area contributed by atoms with Crippen molar-refractivity contribution in [2.24, 2.45) is 5.92 Å². The first kappa shape index (κ1) is 17.8. The highest BCUT2D eigenvalue weighted by atomic mass is 31.1. The van der Waals surface area contributed by atoms with E-state index in [2.05, 4.69) is 50.2 Å². The summed E-state index contributed by atoms with van der Waals surface area (Å²) >= 11 is 0. The van der Waals surface area contributed by atoms with Crippen molar-refractivity contribution in [1.29, 1.82) is 0 Å². The third-order valence-electron chi connectivity index (χ3n) is 3.84. The van der Waals surface area contributed by atoms with Gasteiger partial charge in [-0.2, -0.15) is 0 Å². The largest absolute Gasteiger partial charge is 0.350 e. The summed E-state index contributed by atoms with van der Waals surface area (Å²) in [6.07, 6.45) is 1.99. The van der Waals surface area contributed by atoms with E-state index >= 15 is 0 Å². The van der Waals surface area contributed by atoms with Gasteiger partial charge in [-0.15, -0.1) is 0 Å². The van der Waals surface area contributed by atoms with E-state index in [9.17, 15) is 4.79 Å². The Morgan fingerprint density at radius 3 is 2.17 bits per heavy atom. The average molecular weight is 328 g/mol. The number of hydrogen-bond acceptors (Lipinski definition) is 2. The van der Waals surface area contributed by atoms with Crippen LogP contribution in [-0.4, -0.2) is 12.9 Å². The van der Waals surface area contributed by atoms with Crippen LogP contribution in [0.1, 0.15) is 41.8 Å². The van der Waals surface area contributed by atoms with Gasteiger partial charge in [0.2, 0.25) is 0 Å². The summed E-state index contributed by atoms with van der Waals surface area (Å²) < 4.78 is 6.29. The van der Waals surface area contributed by atoms with Crippen LogP contribution in [0.15, 0.2) is 42.5 Å². The van der Waals surface area contributed by atoms with Gasteiger partial charge in [-0.3, -0.25) is 4.79 Å². The third-order valence-corrected chi connectivity index (χ3v) is 5.77. The summed E-state index contributed by atoms with van der Waals surface area (Å²) in [5, 5.41) is 2.39. The molecule has 0 aliphatic carbocycles. The number of hydrogen-bond donors (Lipinski definition) is 0. The molecular formula is C20H25O2P. The summed E-state index contributed by atoms with van der Waals surface area (Å²) in [6, 6.07) is 14.6. The summed E-state index contributed by atoms with van der Waals surface area (Å²) in [7, 11) is -0.847. The van der Waals surface area contributed by atoms with Crippen LogP contribution < -0.4 is 10.6 Å². The smallest absolute Gasteiger partial charge is 0.150 e. The summed E-state index contributed by atoms with van der Waals surface area (Å²) in [4.78, 5) is 11.2. The Labute approximate surface area is 140 Å². The van der Waals surface area contributed by atoms with Crippen molar-refractivity contribution in [3.8, 4) is 0 Å². The molecule has 0 aliphatic rings. The Balaban J connectivity index is 2.35. The molecule has 1 unspecified atom stereocenters. The van der Waals surface area contributed by atoms with E-state index < -0.39 is 8.15 Å². The predicted octanol–water partition coefficient (Wildman–Crippen LogP) is 4.53. The van der Waals surface area contributed by atoms with Crippen LogP contribution >= 0.6 is 8.15 Å². The topological polar surface area (TPSA) is 26.3 Å². The van der Waals surface area contributed by atoms with Crippen LogP contribution in [-0.2, 0) is 4.52 Å². The second-order valence-corrected chi connectivity index (χ2v) is 8.14. The van der Waals surface area contributed by atoms with E-state index in [1.54, 1.807) is 0 Å². The van der Waals surface area contributed by atoms with E-state index in [4.69, 9.17) is 4.52 Å². The Morgan fingerprint density at radius 2 is 1.65 bits per heavy atom. The minimum Gasteiger partial charge on any atom is -0.350 e. The molecule has 23 heavy (non-hydrogen) atoms. The fraction of sp³-hybridized carbons (Fsp3) is 0.350. The molecule has 1 atom stereocenters. The zero-order chi connectivity index (χ0) is 16.8. The second kappa shape index (κ2) is 8.38. The normalized spacial score (nSPS) is 12.4. The first-order valence-electron chi connectivity index (χ1n) is 8.07. The Bertz CT molecular complexity index is 627. The molecule has 0 saturated heterocycles. The average Bonchev–Trinajstić information content (AvgIpc) is 2.52. The van der Waals surface area contributed by atoms with Gasteiger partial charge < -0.3 is 4.52 Å². The SMILES string of the molecule is Cc1cc(P(OCCC(C)C)c2ccccc2)cc(C)c1C=O. The van der Waals surface area contributed by atoms with Gasteiger partial charge in [0.05, 0.1) is 14.8 Å². The maximum atomic E-state index is 11.2. The highest BCUT2D eigenvalue weighted by Crippen LogP contribution is 2.36. The quantitative estimate of drug-likeness (QED) is 0.551. The van der Waals surface area contributed by atoms with Gasteiger partial charge in [0.15, 0.2) is 6.29 Å². The number of aryl methyl sites for hydroxylation is 2. The number of carbonyl (C=O) groups is 1. The fourth-order valence-corrected chi connectivity index (χ4v) is 4.45. The molecule has 2 nitrogen and oxygen atoms in total. The van der Waals surface area contributed by atoms with Crippen LogP contribution in [0.25, 0.3) is 0 Å². The molecule has 0 bridgehead atoms. The number of carbonyl (C=O) groups excluding carboxylic acids is 1. The maximum absolute atomic E-state index is 11.2. The standard InChI is InChI=1S/C20H25O2P/c1-15(2)10-11-22-23(18-8-6-5-7-9-18)19-12-16(3)20(14-21)17(4)13-19/h5-9,12-15H,10-11H2,1-4H3.